The van der Waals surface area contributed by atoms with Gasteiger partial charge in [-0.05, 0) is 51.7 Å². The van der Waals surface area contributed by atoms with Crippen molar-refractivity contribution in [3.05, 3.63) is 26.6 Å². The Bertz CT molecular complexity index is 490. The summed E-state index contributed by atoms with van der Waals surface area (Å²) in [6.07, 6.45) is 2.97. The lowest BCUT2D eigenvalue weighted by Crippen LogP contribution is -1.88. The highest BCUT2D eigenvalue weighted by molar-refractivity contribution is 14.1. The Hall–Kier alpha value is -0.0700. The molecular weight excluding hydrogens is 327 g/mol. The lowest BCUT2D eigenvalue weighted by atomic mass is 10.2. The van der Waals surface area contributed by atoms with Crippen LogP contribution in [0.25, 0.3) is 10.1 Å². The molecule has 0 bridgehead atoms. The van der Waals surface area contributed by atoms with E-state index in [-0.39, 0.29) is 0 Å². The number of fused-ring (bicyclic) bond motifs is 1. The molecular formula is C10H7IOS2. The molecule has 14 heavy (non-hydrogen) atoms. The lowest BCUT2D eigenvalue weighted by Gasteiger charge is -2.05. The molecule has 1 aromatic heterocycles. The highest BCUT2D eigenvalue weighted by Gasteiger charge is 2.11. The van der Waals surface area contributed by atoms with Crippen LogP contribution in [0.1, 0.15) is 10.4 Å². The molecule has 0 atom stereocenters. The van der Waals surface area contributed by atoms with Crippen molar-refractivity contribution in [1.82, 2.24) is 0 Å². The molecule has 2 rings (SSSR count). The molecule has 0 aliphatic rings. The fourth-order valence-electron chi connectivity index (χ4n) is 1.40. The van der Waals surface area contributed by atoms with Crippen molar-refractivity contribution >= 4 is 62.1 Å². The van der Waals surface area contributed by atoms with E-state index >= 15 is 0 Å². The molecule has 0 saturated carbocycles. The first kappa shape index (κ1) is 10.4. The summed E-state index contributed by atoms with van der Waals surface area (Å²) in [6, 6.07) is 4.19. The largest absolute Gasteiger partial charge is 0.298 e. The maximum absolute atomic E-state index is 11.0. The van der Waals surface area contributed by atoms with Gasteiger partial charge < -0.3 is 0 Å². The van der Waals surface area contributed by atoms with Gasteiger partial charge in [0.25, 0.3) is 0 Å². The van der Waals surface area contributed by atoms with Crippen molar-refractivity contribution in [3.8, 4) is 0 Å². The van der Waals surface area contributed by atoms with Gasteiger partial charge in [0.05, 0.1) is 0 Å². The second kappa shape index (κ2) is 4.20. The molecule has 0 aliphatic heterocycles. The van der Waals surface area contributed by atoms with E-state index < -0.39 is 0 Å². The van der Waals surface area contributed by atoms with Crippen LogP contribution < -0.4 is 0 Å². The van der Waals surface area contributed by atoms with E-state index in [2.05, 4.69) is 34.7 Å². The summed E-state index contributed by atoms with van der Waals surface area (Å²) >= 11 is 5.54. The number of thioether (sulfide) groups is 1. The number of rotatable bonds is 2. The third-order valence-electron chi connectivity index (χ3n) is 2.01. The number of carbonyl (C=O) groups excluding carboxylic acids is 1. The molecule has 0 saturated heterocycles. The van der Waals surface area contributed by atoms with Crippen molar-refractivity contribution in [1.29, 1.82) is 0 Å². The standard InChI is InChI=1S/C10H7IOS2/c1-13-10-7(5-12)9-6(2-3-14-9)4-8(10)11/h2-5H,1H3. The number of aldehydes is 1. The first-order valence-electron chi connectivity index (χ1n) is 3.96. The molecule has 4 heteroatoms. The number of benzene rings is 1. The first-order valence-corrected chi connectivity index (χ1v) is 7.15. The summed E-state index contributed by atoms with van der Waals surface area (Å²) in [7, 11) is 0. The van der Waals surface area contributed by atoms with Gasteiger partial charge in [-0.15, -0.1) is 23.1 Å². The van der Waals surface area contributed by atoms with Gasteiger partial charge in [-0.3, -0.25) is 4.79 Å². The van der Waals surface area contributed by atoms with Crippen LogP contribution in [-0.4, -0.2) is 12.5 Å². The van der Waals surface area contributed by atoms with Crippen LogP contribution in [0.3, 0.4) is 0 Å². The van der Waals surface area contributed by atoms with Gasteiger partial charge in [-0.2, -0.15) is 0 Å². The predicted molar refractivity (Wildman–Crippen MR) is 71.7 cm³/mol. The van der Waals surface area contributed by atoms with E-state index in [0.717, 1.165) is 25.0 Å². The van der Waals surface area contributed by atoms with Crippen LogP contribution in [0.5, 0.6) is 0 Å². The van der Waals surface area contributed by atoms with Crippen molar-refractivity contribution in [2.45, 2.75) is 4.90 Å². The summed E-state index contributed by atoms with van der Waals surface area (Å²) in [5.41, 5.74) is 0.842. The first-order chi connectivity index (χ1) is 6.77. The average Bonchev–Trinajstić information content (AvgIpc) is 2.62. The Kier molecular flexibility index (Phi) is 3.14. The fourth-order valence-corrected chi connectivity index (χ4v) is 4.27. The van der Waals surface area contributed by atoms with Gasteiger partial charge in [0.1, 0.15) is 0 Å². The number of thiophene rings is 1. The monoisotopic (exact) mass is 334 g/mol. The third kappa shape index (κ3) is 1.59. The highest BCUT2D eigenvalue weighted by Crippen LogP contribution is 2.34. The van der Waals surface area contributed by atoms with E-state index in [4.69, 9.17) is 0 Å². The Morgan fingerprint density at radius 2 is 2.36 bits per heavy atom. The topological polar surface area (TPSA) is 17.1 Å². The molecule has 0 fully saturated rings. The highest BCUT2D eigenvalue weighted by atomic mass is 127. The molecule has 0 N–H and O–H groups in total. The maximum atomic E-state index is 11.0. The zero-order valence-electron chi connectivity index (χ0n) is 7.41. The van der Waals surface area contributed by atoms with Crippen LogP contribution in [-0.2, 0) is 0 Å². The molecule has 2 aromatic rings. The van der Waals surface area contributed by atoms with Crippen molar-refractivity contribution in [3.63, 3.8) is 0 Å². The Morgan fingerprint density at radius 3 is 3.00 bits per heavy atom. The lowest BCUT2D eigenvalue weighted by molar-refractivity contribution is 0.112. The summed E-state index contributed by atoms with van der Waals surface area (Å²) in [6.45, 7) is 0. The number of halogens is 1. The van der Waals surface area contributed by atoms with Gasteiger partial charge in [0.2, 0.25) is 0 Å². The normalized spacial score (nSPS) is 10.7. The number of carbonyl (C=O) groups is 1. The van der Waals surface area contributed by atoms with Crippen LogP contribution in [0.4, 0.5) is 0 Å². The third-order valence-corrected chi connectivity index (χ3v) is 5.03. The van der Waals surface area contributed by atoms with Crippen molar-refractivity contribution < 1.29 is 4.79 Å². The number of hydrogen-bond donors (Lipinski definition) is 0. The Labute approximate surface area is 104 Å². The summed E-state index contributed by atoms with van der Waals surface area (Å²) < 4.78 is 2.26. The molecule has 0 amide bonds. The van der Waals surface area contributed by atoms with Gasteiger partial charge in [0.15, 0.2) is 6.29 Å². The summed E-state index contributed by atoms with van der Waals surface area (Å²) in [4.78, 5) is 12.1. The van der Waals surface area contributed by atoms with E-state index in [1.54, 1.807) is 23.1 Å². The van der Waals surface area contributed by atoms with E-state index in [1.807, 2.05) is 11.6 Å². The molecule has 0 spiro atoms. The molecule has 1 heterocycles. The molecule has 0 aliphatic carbocycles. The van der Waals surface area contributed by atoms with Gasteiger partial charge in [0, 0.05) is 18.7 Å². The SMILES string of the molecule is CSc1c(I)cc2ccsc2c1C=O. The predicted octanol–water partition coefficient (Wildman–Crippen LogP) is 4.04. The van der Waals surface area contributed by atoms with E-state index in [9.17, 15) is 4.79 Å². The molecule has 1 aromatic carbocycles. The van der Waals surface area contributed by atoms with Gasteiger partial charge in [-0.1, -0.05) is 0 Å². The smallest absolute Gasteiger partial charge is 0.152 e. The fraction of sp³-hybridized carbons (Fsp3) is 0.100. The van der Waals surface area contributed by atoms with Crippen LogP contribution in [0.2, 0.25) is 0 Å². The minimum Gasteiger partial charge on any atom is -0.298 e. The zero-order valence-corrected chi connectivity index (χ0v) is 11.2. The van der Waals surface area contributed by atoms with Crippen molar-refractivity contribution in [2.75, 3.05) is 6.26 Å². The minimum atomic E-state index is 0.842. The zero-order chi connectivity index (χ0) is 10.1. The maximum Gasteiger partial charge on any atom is 0.152 e. The van der Waals surface area contributed by atoms with Gasteiger partial charge in [-0.25, -0.2) is 0 Å². The molecule has 1 nitrogen and oxygen atoms in total. The molecule has 72 valence electrons. The second-order valence-corrected chi connectivity index (χ2v) is 5.66. The second-order valence-electron chi connectivity index (χ2n) is 2.76. The van der Waals surface area contributed by atoms with Crippen LogP contribution in [0, 0.1) is 3.57 Å². The minimum absolute atomic E-state index is 0.842. The summed E-state index contributed by atoms with van der Waals surface area (Å²) in [5, 5.41) is 3.19. The van der Waals surface area contributed by atoms with Crippen molar-refractivity contribution in [2.24, 2.45) is 0 Å². The van der Waals surface area contributed by atoms with Gasteiger partial charge >= 0.3 is 0 Å². The Balaban J connectivity index is 2.88. The van der Waals surface area contributed by atoms with E-state index in [1.165, 1.54) is 5.39 Å². The van der Waals surface area contributed by atoms with E-state index in [0.29, 0.717) is 0 Å². The number of hydrogen-bond acceptors (Lipinski definition) is 3. The van der Waals surface area contributed by atoms with Crippen LogP contribution >= 0.6 is 45.7 Å². The average molecular weight is 334 g/mol. The molecule has 0 unspecified atom stereocenters. The Morgan fingerprint density at radius 1 is 1.57 bits per heavy atom. The summed E-state index contributed by atoms with van der Waals surface area (Å²) in [5.74, 6) is 0. The van der Waals surface area contributed by atoms with Crippen LogP contribution in [0.15, 0.2) is 22.4 Å². The quantitative estimate of drug-likeness (QED) is 0.468. The molecule has 0 radical (unpaired) electrons.